The van der Waals surface area contributed by atoms with E-state index in [1.807, 2.05) is 16.7 Å². The number of rotatable bonds is 6. The van der Waals surface area contributed by atoms with Crippen LogP contribution in [0.4, 0.5) is 0 Å². The Labute approximate surface area is 153 Å². The molecule has 1 aromatic heterocycles. The molecule has 0 unspecified atom stereocenters. The van der Waals surface area contributed by atoms with E-state index in [1.165, 1.54) is 4.88 Å². The van der Waals surface area contributed by atoms with Crippen molar-refractivity contribution in [1.82, 2.24) is 10.2 Å². The maximum atomic E-state index is 12.4. The third-order valence-electron chi connectivity index (χ3n) is 3.91. The zero-order valence-corrected chi connectivity index (χ0v) is 16.2. The average molecular weight is 389 g/mol. The smallest absolute Gasteiger partial charge is 0.243 e. The van der Waals surface area contributed by atoms with Crippen LogP contribution in [-0.4, -0.2) is 57.2 Å². The molecule has 0 spiro atoms. The van der Waals surface area contributed by atoms with Crippen LogP contribution < -0.4 is 5.32 Å². The summed E-state index contributed by atoms with van der Waals surface area (Å²) < 4.78 is 0. The summed E-state index contributed by atoms with van der Waals surface area (Å²) in [6.07, 6.45) is 0. The van der Waals surface area contributed by atoms with Crippen LogP contribution in [0.5, 0.6) is 0 Å². The maximum absolute atomic E-state index is 12.4. The third-order valence-corrected chi connectivity index (χ3v) is 8.82. The molecular weight excluding hydrogens is 368 g/mol. The minimum Gasteiger partial charge on any atom is -0.353 e. The number of carbonyl (C=O) groups excluding carboxylic acids is 2. The molecule has 23 heavy (non-hydrogen) atoms. The van der Waals surface area contributed by atoms with E-state index >= 15 is 0 Å². The first-order chi connectivity index (χ1) is 11.1. The van der Waals surface area contributed by atoms with Crippen LogP contribution in [-0.2, 0) is 15.3 Å². The third kappa shape index (κ3) is 4.03. The van der Waals surface area contributed by atoms with Crippen LogP contribution in [0.1, 0.15) is 11.8 Å². The average Bonchev–Trinajstić information content (AvgIpc) is 3.14. The number of amides is 2. The highest BCUT2D eigenvalue weighted by Gasteiger charge is 2.50. The SMILES string of the molecule is C[C@]12CSCC(=O)N1[C@@H](C(=O)NCCSCc1cccs1)CS2. The van der Waals surface area contributed by atoms with Crippen molar-refractivity contribution in [2.75, 3.05) is 29.6 Å². The van der Waals surface area contributed by atoms with Crippen molar-refractivity contribution in [3.63, 3.8) is 0 Å². The molecule has 2 aliphatic heterocycles. The molecule has 2 atom stereocenters. The molecule has 4 nitrogen and oxygen atoms in total. The Hall–Kier alpha value is -0.310. The molecule has 0 bridgehead atoms. The van der Waals surface area contributed by atoms with E-state index in [0.29, 0.717) is 18.1 Å². The van der Waals surface area contributed by atoms with E-state index in [0.717, 1.165) is 17.3 Å². The molecular formula is C15H20N2O2S4. The lowest BCUT2D eigenvalue weighted by Gasteiger charge is -2.40. The van der Waals surface area contributed by atoms with E-state index in [9.17, 15) is 9.59 Å². The van der Waals surface area contributed by atoms with E-state index in [1.54, 1.807) is 34.9 Å². The number of thiophene rings is 1. The minimum atomic E-state index is -0.305. The Morgan fingerprint density at radius 1 is 1.57 bits per heavy atom. The lowest BCUT2D eigenvalue weighted by Crippen LogP contribution is -2.57. The van der Waals surface area contributed by atoms with E-state index in [2.05, 4.69) is 29.8 Å². The van der Waals surface area contributed by atoms with Crippen LogP contribution in [0.2, 0.25) is 0 Å². The van der Waals surface area contributed by atoms with Gasteiger partial charge >= 0.3 is 0 Å². The Bertz CT molecular complexity index is 566. The fourth-order valence-corrected chi connectivity index (χ4v) is 7.20. The standard InChI is InChI=1S/C15H20N2O2S4/c1-15-10-21-9-13(18)17(15)12(8-23-15)14(19)16-4-6-20-7-11-3-2-5-22-11/h2-3,5,12H,4,6-10H2,1H3,(H,16,19)/t12-,15+/m1/s1. The number of nitrogens with zero attached hydrogens (tertiary/aromatic N) is 1. The van der Waals surface area contributed by atoms with Gasteiger partial charge in [-0.25, -0.2) is 0 Å². The van der Waals surface area contributed by atoms with Gasteiger partial charge in [0.15, 0.2) is 0 Å². The monoisotopic (exact) mass is 388 g/mol. The first-order valence-electron chi connectivity index (χ1n) is 7.52. The van der Waals surface area contributed by atoms with Crippen molar-refractivity contribution in [2.24, 2.45) is 0 Å². The fourth-order valence-electron chi connectivity index (χ4n) is 2.80. The van der Waals surface area contributed by atoms with Gasteiger partial charge in [0, 0.05) is 34.4 Å². The van der Waals surface area contributed by atoms with Crippen molar-refractivity contribution in [2.45, 2.75) is 23.6 Å². The molecule has 0 aliphatic carbocycles. The zero-order valence-electron chi connectivity index (χ0n) is 12.9. The predicted molar refractivity (Wildman–Crippen MR) is 102 cm³/mol. The van der Waals surface area contributed by atoms with Gasteiger partial charge < -0.3 is 10.2 Å². The molecule has 0 saturated carbocycles. The largest absolute Gasteiger partial charge is 0.353 e. The molecule has 1 aromatic rings. The summed E-state index contributed by atoms with van der Waals surface area (Å²) >= 11 is 6.99. The second kappa shape index (κ2) is 7.72. The highest BCUT2D eigenvalue weighted by atomic mass is 32.2. The van der Waals surface area contributed by atoms with Gasteiger partial charge in [-0.05, 0) is 18.4 Å². The van der Waals surface area contributed by atoms with Gasteiger partial charge in [0.25, 0.3) is 0 Å². The summed E-state index contributed by atoms with van der Waals surface area (Å²) in [5.74, 6) is 4.09. The van der Waals surface area contributed by atoms with Gasteiger partial charge in [0.2, 0.25) is 11.8 Å². The predicted octanol–water partition coefficient (Wildman–Crippen LogP) is 2.50. The summed E-state index contributed by atoms with van der Waals surface area (Å²) in [5, 5.41) is 5.09. The van der Waals surface area contributed by atoms with E-state index < -0.39 is 0 Å². The molecule has 1 N–H and O–H groups in total. The molecule has 0 aromatic carbocycles. The van der Waals surface area contributed by atoms with Crippen LogP contribution in [0.25, 0.3) is 0 Å². The number of thioether (sulfide) groups is 3. The Kier molecular flexibility index (Phi) is 5.87. The van der Waals surface area contributed by atoms with Gasteiger partial charge in [0.05, 0.1) is 10.6 Å². The van der Waals surface area contributed by atoms with Gasteiger partial charge in [-0.2, -0.15) is 11.8 Å². The Morgan fingerprint density at radius 3 is 3.22 bits per heavy atom. The summed E-state index contributed by atoms with van der Waals surface area (Å²) in [6.45, 7) is 2.73. The van der Waals surface area contributed by atoms with Gasteiger partial charge in [-0.15, -0.1) is 34.9 Å². The number of carbonyl (C=O) groups is 2. The van der Waals surface area contributed by atoms with E-state index in [4.69, 9.17) is 0 Å². The number of nitrogens with one attached hydrogen (secondary N) is 1. The summed E-state index contributed by atoms with van der Waals surface area (Å²) in [6, 6.07) is 3.89. The molecule has 8 heteroatoms. The molecule has 2 amide bonds. The summed E-state index contributed by atoms with van der Waals surface area (Å²) in [7, 11) is 0. The minimum absolute atomic E-state index is 0.00167. The number of hydrogen-bond acceptors (Lipinski definition) is 6. The fraction of sp³-hybridized carbons (Fsp3) is 0.600. The molecule has 0 radical (unpaired) electrons. The van der Waals surface area contributed by atoms with Gasteiger partial charge in [0.1, 0.15) is 6.04 Å². The van der Waals surface area contributed by atoms with Crippen LogP contribution >= 0.6 is 46.6 Å². The normalized spacial score (nSPS) is 27.1. The highest BCUT2D eigenvalue weighted by molar-refractivity contribution is 8.04. The van der Waals surface area contributed by atoms with Crippen LogP contribution in [0.15, 0.2) is 17.5 Å². The van der Waals surface area contributed by atoms with Gasteiger partial charge in [-0.3, -0.25) is 9.59 Å². The lowest BCUT2D eigenvalue weighted by atomic mass is 10.2. The number of hydrogen-bond donors (Lipinski definition) is 1. The topological polar surface area (TPSA) is 49.4 Å². The van der Waals surface area contributed by atoms with Crippen LogP contribution in [0, 0.1) is 0 Å². The molecule has 2 fully saturated rings. The molecule has 3 heterocycles. The summed E-state index contributed by atoms with van der Waals surface area (Å²) in [4.78, 5) is 27.6. The molecule has 3 rings (SSSR count). The van der Waals surface area contributed by atoms with Crippen molar-refractivity contribution >= 4 is 58.4 Å². The van der Waals surface area contributed by atoms with Crippen molar-refractivity contribution in [3.8, 4) is 0 Å². The first kappa shape index (κ1) is 17.5. The number of fused-ring (bicyclic) bond motifs is 1. The van der Waals surface area contributed by atoms with Crippen molar-refractivity contribution in [3.05, 3.63) is 22.4 Å². The quantitative estimate of drug-likeness (QED) is 0.759. The highest BCUT2D eigenvalue weighted by Crippen LogP contribution is 2.44. The van der Waals surface area contributed by atoms with Gasteiger partial charge in [-0.1, -0.05) is 6.07 Å². The maximum Gasteiger partial charge on any atom is 0.243 e. The molecule has 2 aliphatic rings. The molecule has 2 saturated heterocycles. The second-order valence-corrected chi connectivity index (χ2v) is 10.3. The van der Waals surface area contributed by atoms with Crippen molar-refractivity contribution in [1.29, 1.82) is 0 Å². The van der Waals surface area contributed by atoms with Crippen molar-refractivity contribution < 1.29 is 9.59 Å². The Morgan fingerprint density at radius 2 is 2.43 bits per heavy atom. The first-order valence-corrected chi connectivity index (χ1v) is 11.7. The second-order valence-electron chi connectivity index (χ2n) is 5.68. The Balaban J connectivity index is 1.44. The zero-order chi connectivity index (χ0) is 16.3. The van der Waals surface area contributed by atoms with E-state index in [-0.39, 0.29) is 22.7 Å². The summed E-state index contributed by atoms with van der Waals surface area (Å²) in [5.41, 5.74) is 0. The lowest BCUT2D eigenvalue weighted by molar-refractivity contribution is -0.139. The molecule has 126 valence electrons. The van der Waals surface area contributed by atoms with Crippen LogP contribution in [0.3, 0.4) is 0 Å².